The average molecular weight is 480 g/mol. The van der Waals surface area contributed by atoms with Gasteiger partial charge in [0.2, 0.25) is 0 Å². The second-order valence-electron chi connectivity index (χ2n) is 10.2. The van der Waals surface area contributed by atoms with E-state index in [1.165, 1.54) is 22.5 Å². The van der Waals surface area contributed by atoms with Gasteiger partial charge in [0, 0.05) is 35.5 Å². The van der Waals surface area contributed by atoms with Crippen LogP contribution >= 0.6 is 11.3 Å². The summed E-state index contributed by atoms with van der Waals surface area (Å²) in [4.78, 5) is 17.8. The van der Waals surface area contributed by atoms with Crippen molar-refractivity contribution in [2.24, 2.45) is 5.16 Å². The number of thiophene rings is 1. The topological polar surface area (TPSA) is 63.6 Å². The van der Waals surface area contributed by atoms with Gasteiger partial charge in [-0.1, -0.05) is 33.8 Å². The summed E-state index contributed by atoms with van der Waals surface area (Å²) in [6.45, 7) is 13.2. The number of hydrogen-bond donors (Lipinski definition) is 1. The van der Waals surface area contributed by atoms with Gasteiger partial charge in [0.1, 0.15) is 0 Å². The lowest BCUT2D eigenvalue weighted by molar-refractivity contribution is 0.0986. The van der Waals surface area contributed by atoms with Crippen molar-refractivity contribution in [1.82, 2.24) is 4.98 Å². The highest BCUT2D eigenvalue weighted by molar-refractivity contribution is 7.21. The number of hydrogen-bond acceptors (Lipinski definition) is 6. The number of Topliss-reactive ketones (excluding diaryl/α,β-unsaturated/α-hetero) is 1. The molecule has 1 aromatic carbocycles. The third-order valence-corrected chi connectivity index (χ3v) is 12.1. The van der Waals surface area contributed by atoms with E-state index in [1.807, 2.05) is 19.2 Å². The molecule has 5 nitrogen and oxygen atoms in total. The van der Waals surface area contributed by atoms with E-state index < -0.39 is 8.32 Å². The summed E-state index contributed by atoms with van der Waals surface area (Å²) in [6.07, 6.45) is 6.83. The number of anilines is 2. The predicted octanol–water partition coefficient (Wildman–Crippen LogP) is 7.69. The van der Waals surface area contributed by atoms with E-state index >= 15 is 0 Å². The highest BCUT2D eigenvalue weighted by atomic mass is 32.1. The fourth-order valence-corrected chi connectivity index (χ4v) is 5.41. The van der Waals surface area contributed by atoms with Crippen LogP contribution in [0, 0.1) is 0 Å². The Hall–Kier alpha value is -2.51. The normalized spacial score (nSPS) is 15.2. The SMILES string of the molecule is CCCC(=O)c1sc2cnccc2c1Nc1ccc2c(c1)CC/C2=N\O[Si](C)(C)C(C)(C)C. The summed E-state index contributed by atoms with van der Waals surface area (Å²) < 4.78 is 7.16. The number of ketones is 1. The number of nitrogens with zero attached hydrogens (tertiary/aromatic N) is 2. The first-order chi connectivity index (χ1) is 15.6. The monoisotopic (exact) mass is 479 g/mol. The van der Waals surface area contributed by atoms with Gasteiger partial charge >= 0.3 is 0 Å². The molecule has 7 heteroatoms. The molecule has 0 spiro atoms. The second-order valence-corrected chi connectivity index (χ2v) is 16.0. The van der Waals surface area contributed by atoms with E-state index in [0.717, 1.165) is 51.3 Å². The zero-order chi connectivity index (χ0) is 23.8. The number of pyridine rings is 1. The second kappa shape index (κ2) is 9.03. The van der Waals surface area contributed by atoms with Crippen molar-refractivity contribution in [3.05, 3.63) is 52.7 Å². The minimum absolute atomic E-state index is 0.123. The molecule has 0 bridgehead atoms. The van der Waals surface area contributed by atoms with Gasteiger partial charge in [0.15, 0.2) is 5.78 Å². The molecule has 0 atom stereocenters. The van der Waals surface area contributed by atoms with Crippen LogP contribution in [0.1, 0.15) is 67.8 Å². The third kappa shape index (κ3) is 4.75. The Bertz CT molecular complexity index is 1220. The largest absolute Gasteiger partial charge is 0.455 e. The first kappa shape index (κ1) is 23.6. The minimum Gasteiger partial charge on any atom is -0.455 e. The molecule has 174 valence electrons. The van der Waals surface area contributed by atoms with Gasteiger partial charge < -0.3 is 9.84 Å². The molecule has 33 heavy (non-hydrogen) atoms. The first-order valence-electron chi connectivity index (χ1n) is 11.7. The number of oxime groups is 1. The van der Waals surface area contributed by atoms with Crippen LogP contribution in [0.2, 0.25) is 18.1 Å². The Balaban J connectivity index is 1.62. The minimum atomic E-state index is -1.93. The van der Waals surface area contributed by atoms with Gasteiger partial charge in [-0.05, 0) is 61.2 Å². The summed E-state index contributed by atoms with van der Waals surface area (Å²) in [5.41, 5.74) is 5.35. The summed E-state index contributed by atoms with van der Waals surface area (Å²) >= 11 is 1.52. The van der Waals surface area contributed by atoms with Crippen molar-refractivity contribution in [1.29, 1.82) is 0 Å². The summed E-state index contributed by atoms with van der Waals surface area (Å²) in [7, 11) is -1.93. The number of rotatable bonds is 7. The molecule has 1 aliphatic carbocycles. The molecule has 2 aromatic heterocycles. The molecule has 0 radical (unpaired) electrons. The van der Waals surface area contributed by atoms with Crippen molar-refractivity contribution < 1.29 is 9.32 Å². The molecule has 3 aromatic rings. The lowest BCUT2D eigenvalue weighted by Gasteiger charge is -2.33. The maximum Gasteiger partial charge on any atom is 0.286 e. The summed E-state index contributed by atoms with van der Waals surface area (Å²) in [5.74, 6) is 0.180. The van der Waals surface area contributed by atoms with Crippen molar-refractivity contribution in [2.45, 2.75) is 71.5 Å². The van der Waals surface area contributed by atoms with Crippen LogP contribution in [-0.2, 0) is 10.9 Å². The van der Waals surface area contributed by atoms with Crippen LogP contribution in [-0.4, -0.2) is 24.8 Å². The number of nitrogens with one attached hydrogen (secondary N) is 1. The number of carbonyl (C=O) groups is 1. The fraction of sp³-hybridized carbons (Fsp3) is 0.423. The molecule has 0 fully saturated rings. The first-order valence-corrected chi connectivity index (χ1v) is 15.4. The van der Waals surface area contributed by atoms with Crippen molar-refractivity contribution in [3.63, 3.8) is 0 Å². The van der Waals surface area contributed by atoms with E-state index in [0.29, 0.717) is 6.42 Å². The van der Waals surface area contributed by atoms with E-state index in [1.54, 1.807) is 6.20 Å². The molecule has 0 saturated carbocycles. The van der Waals surface area contributed by atoms with Gasteiger partial charge in [-0.15, -0.1) is 16.5 Å². The Morgan fingerprint density at radius 1 is 1.24 bits per heavy atom. The standard InChI is InChI=1S/C26H33N3O2SSi/c1-7-8-22(30)25-24(20-13-14-27-16-23(20)32-25)28-18-10-11-19-17(15-18)9-12-21(19)29-31-33(5,6)26(2,3)4/h10-11,13-16,28H,7-9,12H2,1-6H3/b29-21+. The van der Waals surface area contributed by atoms with Crippen LogP contribution in [0.3, 0.4) is 0 Å². The summed E-state index contributed by atoms with van der Waals surface area (Å²) in [5, 5.41) is 9.33. The molecule has 2 heterocycles. The zero-order valence-electron chi connectivity index (χ0n) is 20.4. The molecule has 1 aliphatic rings. The van der Waals surface area contributed by atoms with Crippen LogP contribution in [0.5, 0.6) is 0 Å². The van der Waals surface area contributed by atoms with Gasteiger partial charge in [-0.2, -0.15) is 0 Å². The predicted molar refractivity (Wildman–Crippen MR) is 142 cm³/mol. The number of aryl methyl sites for hydroxylation is 1. The van der Waals surface area contributed by atoms with Gasteiger partial charge in [0.05, 0.1) is 21.0 Å². The zero-order valence-corrected chi connectivity index (χ0v) is 22.2. The summed E-state index contributed by atoms with van der Waals surface area (Å²) in [6, 6.07) is 8.36. The molecule has 0 unspecified atom stereocenters. The molecular formula is C26H33N3O2SSi. The Morgan fingerprint density at radius 2 is 2.03 bits per heavy atom. The molecule has 1 N–H and O–H groups in total. The quantitative estimate of drug-likeness (QED) is 0.214. The molecular weight excluding hydrogens is 446 g/mol. The van der Waals surface area contributed by atoms with Crippen molar-refractivity contribution >= 4 is 52.6 Å². The smallest absolute Gasteiger partial charge is 0.286 e. The van der Waals surface area contributed by atoms with Gasteiger partial charge in [0.25, 0.3) is 8.32 Å². The number of fused-ring (bicyclic) bond motifs is 2. The Morgan fingerprint density at radius 3 is 2.76 bits per heavy atom. The molecule has 0 amide bonds. The number of carbonyl (C=O) groups excluding carboxylic acids is 1. The maximum absolute atomic E-state index is 12.8. The van der Waals surface area contributed by atoms with Gasteiger partial charge in [-0.3, -0.25) is 9.78 Å². The van der Waals surface area contributed by atoms with Crippen molar-refractivity contribution in [2.75, 3.05) is 5.32 Å². The third-order valence-electron chi connectivity index (χ3n) is 6.73. The lowest BCUT2D eigenvalue weighted by Crippen LogP contribution is -2.39. The van der Waals surface area contributed by atoms with Gasteiger partial charge in [-0.25, -0.2) is 0 Å². The Kier molecular flexibility index (Phi) is 6.47. The van der Waals surface area contributed by atoms with Crippen molar-refractivity contribution in [3.8, 4) is 0 Å². The highest BCUT2D eigenvalue weighted by Crippen LogP contribution is 2.39. The van der Waals surface area contributed by atoms with E-state index in [2.05, 4.69) is 67.5 Å². The number of benzene rings is 1. The van der Waals surface area contributed by atoms with Crippen LogP contribution in [0.25, 0.3) is 10.1 Å². The van der Waals surface area contributed by atoms with E-state index in [4.69, 9.17) is 4.53 Å². The Labute approximate surface area is 201 Å². The van der Waals surface area contributed by atoms with E-state index in [-0.39, 0.29) is 10.8 Å². The average Bonchev–Trinajstić information content (AvgIpc) is 3.33. The number of aromatic nitrogens is 1. The van der Waals surface area contributed by atoms with Crippen LogP contribution in [0.4, 0.5) is 11.4 Å². The highest BCUT2D eigenvalue weighted by Gasteiger charge is 2.40. The maximum atomic E-state index is 12.8. The molecule has 0 saturated heterocycles. The lowest BCUT2D eigenvalue weighted by atomic mass is 10.1. The molecule has 0 aliphatic heterocycles. The van der Waals surface area contributed by atoms with E-state index in [9.17, 15) is 4.79 Å². The van der Waals surface area contributed by atoms with Crippen LogP contribution in [0.15, 0.2) is 41.8 Å². The van der Waals surface area contributed by atoms with Crippen LogP contribution < -0.4 is 5.32 Å². The fourth-order valence-electron chi connectivity index (χ4n) is 3.71. The molecule has 4 rings (SSSR count).